The van der Waals surface area contributed by atoms with E-state index in [1.54, 1.807) is 27.0 Å². The number of nitrogens with zero attached hydrogens (tertiary/aromatic N) is 1. The van der Waals surface area contributed by atoms with Crippen molar-refractivity contribution in [2.45, 2.75) is 114 Å². The van der Waals surface area contributed by atoms with Crippen molar-refractivity contribution in [3.63, 3.8) is 0 Å². The summed E-state index contributed by atoms with van der Waals surface area (Å²) in [6.07, 6.45) is 8.94. The van der Waals surface area contributed by atoms with E-state index in [4.69, 9.17) is 0 Å². The molecule has 0 aliphatic heterocycles. The summed E-state index contributed by atoms with van der Waals surface area (Å²) in [5.74, 6) is -1.98. The number of amides is 2. The lowest BCUT2D eigenvalue weighted by molar-refractivity contribution is -0.132. The third-order valence-electron chi connectivity index (χ3n) is 9.17. The van der Waals surface area contributed by atoms with Crippen LogP contribution in [0.4, 0.5) is 0 Å². The van der Waals surface area contributed by atoms with E-state index in [9.17, 15) is 28.2 Å². The van der Waals surface area contributed by atoms with E-state index >= 15 is 0 Å². The molecule has 0 spiro atoms. The summed E-state index contributed by atoms with van der Waals surface area (Å²) in [6.45, 7) is 4.84. The Morgan fingerprint density at radius 3 is 2.25 bits per heavy atom. The summed E-state index contributed by atoms with van der Waals surface area (Å²) in [7, 11) is -3.66. The zero-order chi connectivity index (χ0) is 31.9. The molecule has 5 N–H and O–H groups in total. The van der Waals surface area contributed by atoms with E-state index < -0.39 is 56.6 Å². The number of H-pyrrole nitrogens is 1. The molecule has 4 rings (SSSR count). The Bertz CT molecular complexity index is 1300. The average molecular weight is 631 g/mol. The second-order valence-corrected chi connectivity index (χ2v) is 16.6. The molecular weight excluding hydrogens is 580 g/mol. The van der Waals surface area contributed by atoms with Crippen molar-refractivity contribution in [1.82, 2.24) is 20.6 Å². The average Bonchev–Trinajstić information content (AvgIpc) is 3.71. The number of carbonyl (C=O) groups excluding carboxylic acids is 2. The van der Waals surface area contributed by atoms with Gasteiger partial charge in [0.05, 0.1) is 34.9 Å². The molecule has 0 radical (unpaired) electrons. The van der Waals surface area contributed by atoms with Crippen LogP contribution in [0.5, 0.6) is 0 Å². The maximum atomic E-state index is 13.9. The predicted molar refractivity (Wildman–Crippen MR) is 169 cm³/mol. The molecule has 2 aliphatic rings. The number of aliphatic hydroxyl groups is 2. The molecule has 1 aromatic heterocycles. The molecular formula is C33H50N4O6S. The third kappa shape index (κ3) is 9.62. The number of benzene rings is 1. The largest absolute Gasteiger partial charge is 0.390 e. The van der Waals surface area contributed by atoms with E-state index in [2.05, 4.69) is 20.6 Å². The van der Waals surface area contributed by atoms with Gasteiger partial charge in [-0.05, 0) is 63.9 Å². The Kier molecular flexibility index (Phi) is 11.6. The van der Waals surface area contributed by atoms with Gasteiger partial charge in [-0.15, -0.1) is 0 Å². The normalized spacial score (nSPS) is 19.8. The molecule has 3 unspecified atom stereocenters. The van der Waals surface area contributed by atoms with Crippen molar-refractivity contribution >= 4 is 21.7 Å². The number of aromatic amines is 1. The molecule has 0 saturated heterocycles. The van der Waals surface area contributed by atoms with Crippen molar-refractivity contribution < 1.29 is 28.2 Å². The van der Waals surface area contributed by atoms with E-state index in [1.807, 2.05) is 30.3 Å². The van der Waals surface area contributed by atoms with Crippen molar-refractivity contribution in [2.75, 3.05) is 5.75 Å². The fourth-order valence-electron chi connectivity index (χ4n) is 6.06. The lowest BCUT2D eigenvalue weighted by Crippen LogP contribution is -2.57. The van der Waals surface area contributed by atoms with Crippen molar-refractivity contribution in [3.8, 4) is 0 Å². The molecule has 10 nitrogen and oxygen atoms in total. The van der Waals surface area contributed by atoms with E-state index in [1.165, 1.54) is 12.7 Å². The summed E-state index contributed by atoms with van der Waals surface area (Å²) in [5.41, 5.74) is 1.44. The maximum absolute atomic E-state index is 13.9. The first kappa shape index (κ1) is 34.1. The summed E-state index contributed by atoms with van der Waals surface area (Å²) in [6, 6.07) is 7.49. The summed E-state index contributed by atoms with van der Waals surface area (Å²) in [5, 5.41) is 27.9. The molecule has 244 valence electrons. The molecule has 11 heteroatoms. The minimum absolute atomic E-state index is 0.0276. The second kappa shape index (κ2) is 15.0. The summed E-state index contributed by atoms with van der Waals surface area (Å²) >= 11 is 0. The first-order chi connectivity index (χ1) is 20.8. The number of imidazole rings is 1. The standard InChI is InChI=1S/C33H50N4O6S/c1-33(2,3)44(42,43)20-25(16-22-10-6-4-7-11-22)31(40)37-28(18-26-19-34-21-35-26)32(41)36-27(17-23-12-8-5-9-13-23)30(39)29(38)24-14-15-24/h4,6-7,10-11,19,21,23-25,27-30,38-39H,5,8-9,12-18,20H2,1-3H3,(H,34,35)(H,36,41)(H,37,40)/t25-,27+,28?,29?,30?/m0/s1. The van der Waals surface area contributed by atoms with Crippen molar-refractivity contribution in [2.24, 2.45) is 17.8 Å². The number of aromatic nitrogens is 2. The minimum atomic E-state index is -3.66. The lowest BCUT2D eigenvalue weighted by atomic mass is 9.82. The Morgan fingerprint density at radius 2 is 1.66 bits per heavy atom. The Morgan fingerprint density at radius 1 is 0.977 bits per heavy atom. The first-order valence-corrected chi connectivity index (χ1v) is 17.7. The van der Waals surface area contributed by atoms with Crippen LogP contribution in [-0.2, 0) is 32.3 Å². The van der Waals surface area contributed by atoms with E-state index in [-0.39, 0.29) is 24.5 Å². The van der Waals surface area contributed by atoms with Crippen LogP contribution in [0, 0.1) is 17.8 Å². The van der Waals surface area contributed by atoms with Crippen molar-refractivity contribution in [3.05, 3.63) is 54.1 Å². The van der Waals surface area contributed by atoms with Crippen LogP contribution in [0.2, 0.25) is 0 Å². The molecule has 1 heterocycles. The lowest BCUT2D eigenvalue weighted by Gasteiger charge is -2.33. The van der Waals surface area contributed by atoms with Crippen LogP contribution < -0.4 is 10.6 Å². The van der Waals surface area contributed by atoms with Crippen molar-refractivity contribution in [1.29, 1.82) is 0 Å². The van der Waals surface area contributed by atoms with E-state index in [0.29, 0.717) is 18.0 Å². The highest BCUT2D eigenvalue weighted by Crippen LogP contribution is 2.36. The van der Waals surface area contributed by atoms with Gasteiger partial charge in [0.15, 0.2) is 9.84 Å². The van der Waals surface area contributed by atoms with Crippen LogP contribution in [-0.4, -0.2) is 75.2 Å². The minimum Gasteiger partial charge on any atom is -0.390 e. The van der Waals surface area contributed by atoms with Crippen LogP contribution >= 0.6 is 0 Å². The van der Waals surface area contributed by atoms with Gasteiger partial charge in [0.2, 0.25) is 11.8 Å². The number of sulfone groups is 1. The third-order valence-corrected chi connectivity index (χ3v) is 11.9. The number of carbonyl (C=O) groups is 2. The van der Waals surface area contributed by atoms with Gasteiger partial charge in [0.1, 0.15) is 12.1 Å². The number of nitrogens with one attached hydrogen (secondary N) is 3. The fraction of sp³-hybridized carbons (Fsp3) is 0.667. The predicted octanol–water partition coefficient (Wildman–Crippen LogP) is 3.10. The van der Waals surface area contributed by atoms with Gasteiger partial charge in [-0.1, -0.05) is 62.4 Å². The van der Waals surface area contributed by atoms with Gasteiger partial charge in [0.25, 0.3) is 0 Å². The number of aliphatic hydroxyl groups excluding tert-OH is 2. The Balaban J connectivity index is 1.56. The van der Waals surface area contributed by atoms with Gasteiger partial charge in [-0.25, -0.2) is 13.4 Å². The molecule has 2 fully saturated rings. The highest BCUT2D eigenvalue weighted by Gasteiger charge is 2.41. The maximum Gasteiger partial charge on any atom is 0.243 e. The highest BCUT2D eigenvalue weighted by molar-refractivity contribution is 7.92. The topological polar surface area (TPSA) is 161 Å². The second-order valence-electron chi connectivity index (χ2n) is 13.8. The van der Waals surface area contributed by atoms with Crippen LogP contribution in [0.3, 0.4) is 0 Å². The Hall–Kier alpha value is -2.76. The van der Waals surface area contributed by atoms with Gasteiger partial charge >= 0.3 is 0 Å². The molecule has 2 saturated carbocycles. The molecule has 2 aromatic rings. The van der Waals surface area contributed by atoms with Crippen LogP contribution in [0.25, 0.3) is 0 Å². The van der Waals surface area contributed by atoms with E-state index in [0.717, 1.165) is 44.1 Å². The SMILES string of the molecule is CC(C)(C)S(=O)(=O)C[C@H](Cc1ccccc1)C(=O)NC(Cc1cnc[nH]1)C(=O)N[C@H](CC1CCCCC1)C(O)C(O)C1CC1. The highest BCUT2D eigenvalue weighted by atomic mass is 32.2. The summed E-state index contributed by atoms with van der Waals surface area (Å²) in [4.78, 5) is 34.8. The van der Waals surface area contributed by atoms with Gasteiger partial charge in [0, 0.05) is 18.3 Å². The molecule has 44 heavy (non-hydrogen) atoms. The van der Waals surface area contributed by atoms with Crippen LogP contribution in [0.1, 0.15) is 83.4 Å². The quantitative estimate of drug-likeness (QED) is 0.202. The van der Waals surface area contributed by atoms with Gasteiger partial charge < -0.3 is 25.8 Å². The first-order valence-electron chi connectivity index (χ1n) is 16.0. The zero-order valence-electron chi connectivity index (χ0n) is 26.2. The molecule has 0 bridgehead atoms. The van der Waals surface area contributed by atoms with Gasteiger partial charge in [-0.2, -0.15) is 0 Å². The number of hydrogen-bond acceptors (Lipinski definition) is 7. The molecule has 1 aromatic carbocycles. The number of hydrogen-bond donors (Lipinski definition) is 5. The molecule has 5 atom stereocenters. The Labute approximate surface area is 261 Å². The summed E-state index contributed by atoms with van der Waals surface area (Å²) < 4.78 is 25.4. The van der Waals surface area contributed by atoms with Gasteiger partial charge in [-0.3, -0.25) is 9.59 Å². The monoisotopic (exact) mass is 630 g/mol. The number of rotatable bonds is 15. The smallest absolute Gasteiger partial charge is 0.243 e. The fourth-order valence-corrected chi connectivity index (χ4v) is 7.36. The zero-order valence-corrected chi connectivity index (χ0v) is 27.1. The molecule has 2 amide bonds. The van der Waals surface area contributed by atoms with Crippen LogP contribution in [0.15, 0.2) is 42.9 Å². The molecule has 2 aliphatic carbocycles.